The molecule has 0 aliphatic carbocycles. The molecule has 150 valence electrons. The summed E-state index contributed by atoms with van der Waals surface area (Å²) in [6.07, 6.45) is 2.35. The van der Waals surface area contributed by atoms with Crippen LogP contribution in [0, 0.1) is 23.7 Å². The van der Waals surface area contributed by atoms with Gasteiger partial charge in [0.25, 0.3) is 0 Å². The van der Waals surface area contributed by atoms with Crippen molar-refractivity contribution >= 4 is 17.7 Å². The second-order valence-electron chi connectivity index (χ2n) is 8.15. The molecule has 0 radical (unpaired) electrons. The average Bonchev–Trinajstić information content (AvgIpc) is 2.79. The first kappa shape index (κ1) is 22.6. The Bertz CT molecular complexity index is 476. The second-order valence-corrected chi connectivity index (χ2v) is 8.15. The number of nitrogens with zero attached hydrogens (tertiary/aromatic N) is 1. The lowest BCUT2D eigenvalue weighted by Crippen LogP contribution is -2.35. The molecule has 1 aliphatic heterocycles. The molecule has 0 spiro atoms. The molecule has 1 saturated heterocycles. The predicted molar refractivity (Wildman–Crippen MR) is 101 cm³/mol. The van der Waals surface area contributed by atoms with Gasteiger partial charge in [-0.1, -0.05) is 34.6 Å². The minimum atomic E-state index is -0.256. The van der Waals surface area contributed by atoms with Gasteiger partial charge >= 0.3 is 0 Å². The van der Waals surface area contributed by atoms with Crippen molar-refractivity contribution in [2.24, 2.45) is 23.7 Å². The van der Waals surface area contributed by atoms with Gasteiger partial charge in [0.15, 0.2) is 0 Å². The van der Waals surface area contributed by atoms with Crippen LogP contribution < -0.4 is 5.32 Å². The lowest BCUT2D eigenvalue weighted by atomic mass is 9.88. The number of hydrogen-bond acceptors (Lipinski definition) is 4. The van der Waals surface area contributed by atoms with Crippen molar-refractivity contribution in [2.75, 3.05) is 26.3 Å². The van der Waals surface area contributed by atoms with Crippen molar-refractivity contribution < 1.29 is 19.1 Å². The van der Waals surface area contributed by atoms with Gasteiger partial charge in [0.2, 0.25) is 17.7 Å². The number of rotatable bonds is 12. The minimum absolute atomic E-state index is 0.134. The van der Waals surface area contributed by atoms with Crippen molar-refractivity contribution in [1.29, 1.82) is 0 Å². The van der Waals surface area contributed by atoms with Gasteiger partial charge in [-0.15, -0.1) is 0 Å². The van der Waals surface area contributed by atoms with E-state index in [1.165, 1.54) is 11.3 Å². The highest BCUT2D eigenvalue weighted by molar-refractivity contribution is 6.03. The van der Waals surface area contributed by atoms with Gasteiger partial charge in [-0.05, 0) is 30.6 Å². The summed E-state index contributed by atoms with van der Waals surface area (Å²) in [4.78, 5) is 36.5. The van der Waals surface area contributed by atoms with Crippen LogP contribution in [0.1, 0.15) is 60.3 Å². The number of carbonyl (C=O) groups is 3. The highest BCUT2D eigenvalue weighted by Gasteiger charge is 2.35. The van der Waals surface area contributed by atoms with E-state index in [0.29, 0.717) is 30.9 Å². The number of ether oxygens (including phenoxy) is 1. The minimum Gasteiger partial charge on any atom is -0.381 e. The zero-order valence-electron chi connectivity index (χ0n) is 17.0. The van der Waals surface area contributed by atoms with E-state index in [1.54, 1.807) is 6.92 Å². The van der Waals surface area contributed by atoms with Gasteiger partial charge < -0.3 is 10.1 Å². The normalized spacial score (nSPS) is 18.9. The standard InChI is InChI=1S/C20H36N2O4/c1-14(2)11-17(15(3)4)13-26-10-6-8-21-18(23)7-9-22-19(24)12-16(5)20(22)25/h14-17H,6-13H2,1-5H3,(H,21,23). The smallest absolute Gasteiger partial charge is 0.232 e. The predicted octanol–water partition coefficient (Wildman–Crippen LogP) is 2.61. The van der Waals surface area contributed by atoms with Crippen LogP contribution in [0.3, 0.4) is 0 Å². The maximum atomic E-state index is 11.8. The zero-order chi connectivity index (χ0) is 19.7. The zero-order valence-corrected chi connectivity index (χ0v) is 17.0. The molecule has 1 fully saturated rings. The largest absolute Gasteiger partial charge is 0.381 e. The molecule has 0 saturated carbocycles. The monoisotopic (exact) mass is 368 g/mol. The van der Waals surface area contributed by atoms with E-state index in [1.807, 2.05) is 0 Å². The van der Waals surface area contributed by atoms with Crippen LogP contribution in [0.4, 0.5) is 0 Å². The van der Waals surface area contributed by atoms with Crippen molar-refractivity contribution in [2.45, 2.75) is 60.3 Å². The molecule has 1 N–H and O–H groups in total. The van der Waals surface area contributed by atoms with Crippen LogP contribution in [0.25, 0.3) is 0 Å². The summed E-state index contributed by atoms with van der Waals surface area (Å²) in [5.41, 5.74) is 0. The van der Waals surface area contributed by atoms with Crippen LogP contribution >= 0.6 is 0 Å². The maximum absolute atomic E-state index is 11.8. The lowest BCUT2D eigenvalue weighted by molar-refractivity contribution is -0.139. The fraction of sp³-hybridized carbons (Fsp3) is 0.850. The Morgan fingerprint density at radius 1 is 1.27 bits per heavy atom. The third-order valence-electron chi connectivity index (χ3n) is 4.87. The summed E-state index contributed by atoms with van der Waals surface area (Å²) in [6, 6.07) is 0. The first-order valence-electron chi connectivity index (χ1n) is 9.91. The molecule has 1 aliphatic rings. The van der Waals surface area contributed by atoms with Crippen LogP contribution in [0.15, 0.2) is 0 Å². The molecule has 0 aromatic rings. The molecule has 6 nitrogen and oxygen atoms in total. The Kier molecular flexibility index (Phi) is 9.84. The molecule has 1 rings (SSSR count). The van der Waals surface area contributed by atoms with E-state index in [-0.39, 0.29) is 43.0 Å². The number of amides is 3. The van der Waals surface area contributed by atoms with Crippen molar-refractivity contribution in [3.8, 4) is 0 Å². The molecule has 0 aromatic carbocycles. The van der Waals surface area contributed by atoms with Gasteiger partial charge in [-0.2, -0.15) is 0 Å². The lowest BCUT2D eigenvalue weighted by Gasteiger charge is -2.22. The fourth-order valence-corrected chi connectivity index (χ4v) is 3.16. The summed E-state index contributed by atoms with van der Waals surface area (Å²) >= 11 is 0. The number of nitrogens with one attached hydrogen (secondary N) is 1. The Hall–Kier alpha value is -1.43. The first-order chi connectivity index (χ1) is 12.2. The summed E-state index contributed by atoms with van der Waals surface area (Å²) in [6.45, 7) is 12.8. The van der Waals surface area contributed by atoms with E-state index in [2.05, 4.69) is 33.0 Å². The molecule has 6 heteroatoms. The van der Waals surface area contributed by atoms with Gasteiger partial charge in [0.1, 0.15) is 0 Å². The maximum Gasteiger partial charge on any atom is 0.232 e. The van der Waals surface area contributed by atoms with E-state index in [0.717, 1.165) is 13.0 Å². The summed E-state index contributed by atoms with van der Waals surface area (Å²) in [5.74, 6) is 1.11. The van der Waals surface area contributed by atoms with Crippen LogP contribution in [0.2, 0.25) is 0 Å². The van der Waals surface area contributed by atoms with Crippen LogP contribution in [-0.2, 0) is 19.1 Å². The Balaban J connectivity index is 2.11. The highest BCUT2D eigenvalue weighted by atomic mass is 16.5. The van der Waals surface area contributed by atoms with Gasteiger partial charge in [-0.25, -0.2) is 0 Å². The summed E-state index contributed by atoms with van der Waals surface area (Å²) in [5, 5.41) is 2.82. The van der Waals surface area contributed by atoms with Crippen molar-refractivity contribution in [1.82, 2.24) is 10.2 Å². The molecular formula is C20H36N2O4. The Morgan fingerprint density at radius 2 is 1.96 bits per heavy atom. The summed E-state index contributed by atoms with van der Waals surface area (Å²) < 4.78 is 5.77. The number of carbonyl (C=O) groups excluding carboxylic acids is 3. The van der Waals surface area contributed by atoms with E-state index < -0.39 is 0 Å². The van der Waals surface area contributed by atoms with Crippen molar-refractivity contribution in [3.05, 3.63) is 0 Å². The van der Waals surface area contributed by atoms with E-state index in [9.17, 15) is 14.4 Å². The fourth-order valence-electron chi connectivity index (χ4n) is 3.16. The number of imide groups is 1. The topological polar surface area (TPSA) is 75.7 Å². The molecule has 26 heavy (non-hydrogen) atoms. The van der Waals surface area contributed by atoms with E-state index >= 15 is 0 Å². The molecule has 2 atom stereocenters. The van der Waals surface area contributed by atoms with Gasteiger partial charge in [-0.3, -0.25) is 19.3 Å². The molecule has 0 aromatic heterocycles. The van der Waals surface area contributed by atoms with Gasteiger partial charge in [0.05, 0.1) is 0 Å². The van der Waals surface area contributed by atoms with Crippen molar-refractivity contribution in [3.63, 3.8) is 0 Å². The number of likely N-dealkylation sites (tertiary alicyclic amines) is 1. The third-order valence-corrected chi connectivity index (χ3v) is 4.87. The second kappa shape index (κ2) is 11.3. The van der Waals surface area contributed by atoms with Gasteiger partial charge in [0, 0.05) is 45.1 Å². The third kappa shape index (κ3) is 7.85. The van der Waals surface area contributed by atoms with Crippen LogP contribution in [-0.4, -0.2) is 48.9 Å². The molecule has 0 bridgehead atoms. The van der Waals surface area contributed by atoms with Crippen LogP contribution in [0.5, 0.6) is 0 Å². The molecular weight excluding hydrogens is 332 g/mol. The highest BCUT2D eigenvalue weighted by Crippen LogP contribution is 2.20. The first-order valence-corrected chi connectivity index (χ1v) is 9.91. The Labute approximate surface area is 158 Å². The molecule has 3 amide bonds. The molecule has 1 heterocycles. The summed E-state index contributed by atoms with van der Waals surface area (Å²) in [7, 11) is 0. The van der Waals surface area contributed by atoms with E-state index in [4.69, 9.17) is 4.74 Å². The SMILES string of the molecule is CC(C)CC(COCCCNC(=O)CCN1C(=O)CC(C)C1=O)C(C)C. The number of hydrogen-bond donors (Lipinski definition) is 1. The quantitative estimate of drug-likeness (QED) is 0.424. The molecule has 2 unspecified atom stereocenters. The average molecular weight is 369 g/mol. The Morgan fingerprint density at radius 3 is 2.50 bits per heavy atom.